The van der Waals surface area contributed by atoms with E-state index in [1.807, 2.05) is 6.07 Å². The fourth-order valence-corrected chi connectivity index (χ4v) is 2.57. The number of carbonyl (C=O) groups is 1. The summed E-state index contributed by atoms with van der Waals surface area (Å²) in [7, 11) is 0. The van der Waals surface area contributed by atoms with E-state index in [-0.39, 0.29) is 5.69 Å². The lowest BCUT2D eigenvalue weighted by atomic mass is 10.2. The van der Waals surface area contributed by atoms with Crippen LogP contribution in [0, 0.1) is 0 Å². The zero-order valence-electron chi connectivity index (χ0n) is 8.97. The lowest BCUT2D eigenvalue weighted by Gasteiger charge is -2.29. The molecule has 0 spiro atoms. The number of rotatable bonds is 1. The lowest BCUT2D eigenvalue weighted by Crippen LogP contribution is -2.34. The summed E-state index contributed by atoms with van der Waals surface area (Å²) in [5.74, 6) is -0.272. The summed E-state index contributed by atoms with van der Waals surface area (Å²) in [5.41, 5.74) is 1.12. The van der Waals surface area contributed by atoms with Crippen LogP contribution in [0.1, 0.15) is 23.8 Å². The van der Waals surface area contributed by atoms with Crippen LogP contribution in [0.5, 0.6) is 0 Å². The van der Waals surface area contributed by atoms with Crippen LogP contribution in [0.2, 0.25) is 0 Å². The average molecular weight is 219 g/mol. The van der Waals surface area contributed by atoms with Crippen LogP contribution in [0.15, 0.2) is 12.1 Å². The minimum atomic E-state index is -0.981. The summed E-state index contributed by atoms with van der Waals surface area (Å²) >= 11 is 0. The summed E-state index contributed by atoms with van der Waals surface area (Å²) < 4.78 is 0. The molecule has 1 unspecified atom stereocenters. The molecule has 2 aliphatic heterocycles. The zero-order valence-corrected chi connectivity index (χ0v) is 8.97. The van der Waals surface area contributed by atoms with E-state index in [1.165, 1.54) is 0 Å². The number of aromatic nitrogens is 1. The second kappa shape index (κ2) is 3.10. The van der Waals surface area contributed by atoms with Crippen molar-refractivity contribution in [3.63, 3.8) is 0 Å². The van der Waals surface area contributed by atoms with Crippen molar-refractivity contribution in [2.75, 3.05) is 16.8 Å². The van der Waals surface area contributed by atoms with Gasteiger partial charge in [-0.25, -0.2) is 9.78 Å². The van der Waals surface area contributed by atoms with Gasteiger partial charge in [0.05, 0.1) is 5.69 Å². The normalized spacial score (nSPS) is 26.2. The second-order valence-electron chi connectivity index (χ2n) is 4.45. The minimum absolute atomic E-state index is 0.0985. The second-order valence-corrected chi connectivity index (χ2v) is 4.45. The van der Waals surface area contributed by atoms with Crippen LogP contribution < -0.4 is 10.2 Å². The van der Waals surface area contributed by atoms with Crippen molar-refractivity contribution in [1.82, 2.24) is 4.98 Å². The molecule has 1 aromatic heterocycles. The molecule has 2 N–H and O–H groups in total. The Labute approximate surface area is 93.1 Å². The van der Waals surface area contributed by atoms with Gasteiger partial charge in [-0.3, -0.25) is 0 Å². The monoisotopic (exact) mass is 219 g/mol. The molecule has 0 radical (unpaired) electrons. The molecule has 2 atom stereocenters. The van der Waals surface area contributed by atoms with Gasteiger partial charge in [0.15, 0.2) is 11.5 Å². The maximum atomic E-state index is 10.8. The highest BCUT2D eigenvalue weighted by atomic mass is 16.4. The standard InChI is InChI=1S/C11H13N3O2/c1-6-4-7-5-14(6)9-3-2-8(11(15)16)13-10(9)12-7/h2-3,6-7H,4-5H2,1H3,(H,12,13)(H,15,16)/t6?,7-/m0/s1. The van der Waals surface area contributed by atoms with E-state index in [4.69, 9.17) is 5.11 Å². The van der Waals surface area contributed by atoms with E-state index >= 15 is 0 Å². The third-order valence-corrected chi connectivity index (χ3v) is 3.32. The van der Waals surface area contributed by atoms with Crippen molar-refractivity contribution < 1.29 is 9.90 Å². The number of pyridine rings is 1. The summed E-state index contributed by atoms with van der Waals surface area (Å²) in [4.78, 5) is 17.2. The Morgan fingerprint density at radius 3 is 3.19 bits per heavy atom. The fraction of sp³-hybridized carbons (Fsp3) is 0.455. The van der Waals surface area contributed by atoms with Gasteiger partial charge in [-0.05, 0) is 25.5 Å². The zero-order chi connectivity index (χ0) is 11.3. The first-order valence-electron chi connectivity index (χ1n) is 5.42. The highest BCUT2D eigenvalue weighted by Crippen LogP contribution is 2.37. The molecule has 0 saturated carbocycles. The summed E-state index contributed by atoms with van der Waals surface area (Å²) in [6.45, 7) is 3.17. The smallest absolute Gasteiger partial charge is 0.354 e. The van der Waals surface area contributed by atoms with Crippen molar-refractivity contribution in [2.45, 2.75) is 25.4 Å². The maximum absolute atomic E-state index is 10.8. The molecule has 1 fully saturated rings. The number of fused-ring (bicyclic) bond motifs is 4. The quantitative estimate of drug-likeness (QED) is 0.742. The number of hydrogen-bond acceptors (Lipinski definition) is 4. The van der Waals surface area contributed by atoms with Gasteiger partial charge in [-0.15, -0.1) is 0 Å². The van der Waals surface area contributed by atoms with Crippen LogP contribution in [0.3, 0.4) is 0 Å². The van der Waals surface area contributed by atoms with Gasteiger partial charge in [-0.1, -0.05) is 0 Å². The highest BCUT2D eigenvalue weighted by molar-refractivity contribution is 5.87. The Hall–Kier alpha value is -1.78. The lowest BCUT2D eigenvalue weighted by molar-refractivity contribution is 0.0690. The average Bonchev–Trinajstić information content (AvgIpc) is 2.54. The van der Waals surface area contributed by atoms with Crippen molar-refractivity contribution in [3.05, 3.63) is 17.8 Å². The van der Waals surface area contributed by atoms with Gasteiger partial charge >= 0.3 is 5.97 Å². The Balaban J connectivity index is 2.06. The van der Waals surface area contributed by atoms with Crippen LogP contribution in [0.25, 0.3) is 0 Å². The van der Waals surface area contributed by atoms with E-state index < -0.39 is 5.97 Å². The van der Waals surface area contributed by atoms with Gasteiger partial charge in [0.2, 0.25) is 0 Å². The minimum Gasteiger partial charge on any atom is -0.477 e. The predicted octanol–water partition coefficient (Wildman–Crippen LogP) is 1.17. The third kappa shape index (κ3) is 1.24. The molecule has 5 heteroatoms. The maximum Gasteiger partial charge on any atom is 0.354 e. The molecule has 1 saturated heterocycles. The fourth-order valence-electron chi connectivity index (χ4n) is 2.57. The molecular weight excluding hydrogens is 206 g/mol. The molecule has 0 aliphatic carbocycles. The number of hydrogen-bond donors (Lipinski definition) is 2. The van der Waals surface area contributed by atoms with Crippen molar-refractivity contribution >= 4 is 17.5 Å². The number of carboxylic acids is 1. The molecule has 0 amide bonds. The predicted molar refractivity (Wildman–Crippen MR) is 60.0 cm³/mol. The Kier molecular flexibility index (Phi) is 1.83. The Bertz CT molecular complexity index is 461. The molecule has 84 valence electrons. The summed E-state index contributed by atoms with van der Waals surface area (Å²) in [5, 5.41) is 12.2. The number of nitrogens with zero attached hydrogens (tertiary/aromatic N) is 2. The molecule has 2 bridgehead atoms. The van der Waals surface area contributed by atoms with E-state index in [0.29, 0.717) is 17.9 Å². The van der Waals surface area contributed by atoms with Crippen molar-refractivity contribution in [1.29, 1.82) is 0 Å². The van der Waals surface area contributed by atoms with E-state index in [0.717, 1.165) is 18.7 Å². The first-order valence-corrected chi connectivity index (χ1v) is 5.42. The number of aromatic carboxylic acids is 1. The topological polar surface area (TPSA) is 65.5 Å². The summed E-state index contributed by atoms with van der Waals surface area (Å²) in [6, 6.07) is 4.31. The van der Waals surface area contributed by atoms with E-state index in [1.54, 1.807) is 6.07 Å². The largest absolute Gasteiger partial charge is 0.477 e. The van der Waals surface area contributed by atoms with Gasteiger partial charge in [0, 0.05) is 18.6 Å². The first kappa shape index (κ1) is 9.45. The molecule has 2 aliphatic rings. The molecule has 3 heterocycles. The van der Waals surface area contributed by atoms with Gasteiger partial charge in [0.25, 0.3) is 0 Å². The number of anilines is 2. The molecule has 5 nitrogen and oxygen atoms in total. The van der Waals surface area contributed by atoms with Crippen LogP contribution in [-0.4, -0.2) is 34.7 Å². The molecule has 16 heavy (non-hydrogen) atoms. The molecular formula is C11H13N3O2. The van der Waals surface area contributed by atoms with Crippen molar-refractivity contribution in [3.8, 4) is 0 Å². The first-order chi connectivity index (χ1) is 7.65. The van der Waals surface area contributed by atoms with Gasteiger partial charge in [0.1, 0.15) is 0 Å². The highest BCUT2D eigenvalue weighted by Gasteiger charge is 2.35. The van der Waals surface area contributed by atoms with Gasteiger partial charge in [-0.2, -0.15) is 0 Å². The van der Waals surface area contributed by atoms with Crippen LogP contribution in [0.4, 0.5) is 11.5 Å². The molecule has 1 aromatic rings. The van der Waals surface area contributed by atoms with Crippen molar-refractivity contribution in [2.24, 2.45) is 0 Å². The van der Waals surface area contributed by atoms with Crippen LogP contribution >= 0.6 is 0 Å². The Morgan fingerprint density at radius 2 is 2.44 bits per heavy atom. The summed E-state index contributed by atoms with van der Waals surface area (Å²) in [6.07, 6.45) is 1.08. The molecule has 3 rings (SSSR count). The van der Waals surface area contributed by atoms with Gasteiger partial charge < -0.3 is 15.3 Å². The van der Waals surface area contributed by atoms with Crippen LogP contribution in [-0.2, 0) is 0 Å². The number of nitrogens with one attached hydrogen (secondary N) is 1. The Morgan fingerprint density at radius 1 is 1.62 bits per heavy atom. The van der Waals surface area contributed by atoms with E-state index in [2.05, 4.69) is 22.1 Å². The number of carboxylic acid groups (broad SMARTS) is 1. The third-order valence-electron chi connectivity index (χ3n) is 3.32. The SMILES string of the molecule is CC1C[C@H]2CN1c1ccc(C(=O)O)nc1N2. The molecule has 0 aromatic carbocycles. The van der Waals surface area contributed by atoms with E-state index in [9.17, 15) is 4.79 Å².